The average Bonchev–Trinajstić information content (AvgIpc) is 3.48. The number of fused-ring (bicyclic) bond motifs is 2. The van der Waals surface area contributed by atoms with Gasteiger partial charge in [0.15, 0.2) is 5.82 Å². The number of halogens is 1. The number of nitrogens with one attached hydrogen (secondary N) is 1. The molecule has 0 atom stereocenters. The van der Waals surface area contributed by atoms with Crippen molar-refractivity contribution in [3.8, 4) is 17.1 Å². The van der Waals surface area contributed by atoms with Crippen LogP contribution in [0.15, 0.2) is 42.6 Å². The average molecular weight is 474 g/mol. The lowest BCUT2D eigenvalue weighted by Gasteiger charge is -2.29. The first-order valence-corrected chi connectivity index (χ1v) is 11.8. The number of rotatable bonds is 4. The number of ether oxygens (including phenoxy) is 1. The molecule has 1 fully saturated rings. The molecule has 4 heterocycles. The zero-order valence-electron chi connectivity index (χ0n) is 19.0. The van der Waals surface area contributed by atoms with Crippen LogP contribution in [-0.4, -0.2) is 56.0 Å². The van der Waals surface area contributed by atoms with Crippen LogP contribution in [0.25, 0.3) is 39.0 Å². The first-order valence-electron chi connectivity index (χ1n) is 11.4. The summed E-state index contributed by atoms with van der Waals surface area (Å²) in [5, 5.41) is 9.16. The molecule has 1 aliphatic heterocycles. The molecule has 34 heavy (non-hydrogen) atoms. The Hall–Kier alpha value is -3.49. The number of hydrogen-bond donors (Lipinski definition) is 1. The fraction of sp³-hybridized carbons (Fsp3) is 0.280. The minimum Gasteiger partial charge on any atom is -0.378 e. The molecule has 0 spiro atoms. The second-order valence-corrected chi connectivity index (χ2v) is 8.79. The van der Waals surface area contributed by atoms with Crippen molar-refractivity contribution >= 4 is 39.2 Å². The van der Waals surface area contributed by atoms with Gasteiger partial charge in [0.05, 0.1) is 40.5 Å². The van der Waals surface area contributed by atoms with Crippen LogP contribution in [0.3, 0.4) is 0 Å². The van der Waals surface area contributed by atoms with Gasteiger partial charge in [0, 0.05) is 36.8 Å². The highest BCUT2D eigenvalue weighted by Gasteiger charge is 2.22. The molecule has 0 radical (unpaired) electrons. The van der Waals surface area contributed by atoms with Crippen LogP contribution in [0.1, 0.15) is 18.6 Å². The topological polar surface area (TPSA) is 84.8 Å². The predicted octanol–water partition coefficient (Wildman–Crippen LogP) is 4.72. The molecule has 1 N–H and O–H groups in total. The molecular weight excluding hydrogens is 450 g/mol. The normalized spacial score (nSPS) is 14.4. The lowest BCUT2D eigenvalue weighted by atomic mass is 10.1. The third-order valence-corrected chi connectivity index (χ3v) is 6.64. The molecule has 0 unspecified atom stereocenters. The molecule has 5 aromatic rings. The SMILES string of the molecule is CCc1nc(-c2cc(N3CCOCC3)cc3c2nc(C)n3-c2ccnc3c(Cl)cccc23)n[nH]1. The Bertz CT molecular complexity index is 1520. The quantitative estimate of drug-likeness (QED) is 0.406. The summed E-state index contributed by atoms with van der Waals surface area (Å²) in [6, 6.07) is 12.2. The molecule has 1 saturated heterocycles. The van der Waals surface area contributed by atoms with Gasteiger partial charge in [0.1, 0.15) is 17.2 Å². The highest BCUT2D eigenvalue weighted by atomic mass is 35.5. The highest BCUT2D eigenvalue weighted by molar-refractivity contribution is 6.35. The van der Waals surface area contributed by atoms with E-state index in [0.717, 1.165) is 70.0 Å². The van der Waals surface area contributed by atoms with Crippen LogP contribution in [0.2, 0.25) is 5.02 Å². The number of H-pyrrole nitrogens is 1. The summed E-state index contributed by atoms with van der Waals surface area (Å²) in [4.78, 5) is 16.6. The molecule has 6 rings (SSSR count). The summed E-state index contributed by atoms with van der Waals surface area (Å²) in [6.45, 7) is 7.16. The van der Waals surface area contributed by atoms with Crippen LogP contribution >= 0.6 is 11.6 Å². The van der Waals surface area contributed by atoms with E-state index < -0.39 is 0 Å². The van der Waals surface area contributed by atoms with Gasteiger partial charge in [0.2, 0.25) is 0 Å². The number of para-hydroxylation sites is 1. The number of pyridine rings is 1. The van der Waals surface area contributed by atoms with E-state index in [9.17, 15) is 0 Å². The summed E-state index contributed by atoms with van der Waals surface area (Å²) in [7, 11) is 0. The molecule has 3 aromatic heterocycles. The van der Waals surface area contributed by atoms with Gasteiger partial charge in [-0.1, -0.05) is 30.7 Å². The van der Waals surface area contributed by atoms with E-state index >= 15 is 0 Å². The second kappa shape index (κ2) is 8.38. The summed E-state index contributed by atoms with van der Waals surface area (Å²) < 4.78 is 7.77. The van der Waals surface area contributed by atoms with Gasteiger partial charge < -0.3 is 9.64 Å². The molecule has 2 aromatic carbocycles. The number of morpholine rings is 1. The van der Waals surface area contributed by atoms with Crippen molar-refractivity contribution in [2.45, 2.75) is 20.3 Å². The van der Waals surface area contributed by atoms with Crippen LogP contribution in [-0.2, 0) is 11.2 Å². The number of benzene rings is 2. The van der Waals surface area contributed by atoms with Gasteiger partial charge in [0.25, 0.3) is 0 Å². The molecule has 9 heteroatoms. The van der Waals surface area contributed by atoms with E-state index in [1.54, 1.807) is 6.20 Å². The molecule has 172 valence electrons. The van der Waals surface area contributed by atoms with Gasteiger partial charge in [-0.15, -0.1) is 0 Å². The largest absolute Gasteiger partial charge is 0.378 e. The minimum atomic E-state index is 0.629. The van der Waals surface area contributed by atoms with Gasteiger partial charge in [-0.2, -0.15) is 5.10 Å². The van der Waals surface area contributed by atoms with Crippen molar-refractivity contribution in [2.75, 3.05) is 31.2 Å². The molecule has 1 aliphatic rings. The number of hydrogen-bond acceptors (Lipinski definition) is 6. The maximum atomic E-state index is 6.47. The second-order valence-electron chi connectivity index (χ2n) is 8.38. The van der Waals surface area contributed by atoms with Crippen molar-refractivity contribution in [2.24, 2.45) is 0 Å². The Morgan fingerprint density at radius 1 is 1.09 bits per heavy atom. The summed E-state index contributed by atoms with van der Waals surface area (Å²) in [5.74, 6) is 2.38. The van der Waals surface area contributed by atoms with E-state index in [1.165, 1.54) is 0 Å². The van der Waals surface area contributed by atoms with Crippen molar-refractivity contribution in [1.82, 2.24) is 29.7 Å². The summed E-state index contributed by atoms with van der Waals surface area (Å²) in [6.07, 6.45) is 2.58. The standard InChI is InChI=1S/C25H24ClN7O/c1-3-22-29-25(31-30-22)18-13-16(32-9-11-34-12-10-32)14-21-24(18)28-15(2)33(21)20-7-8-27-23-17(20)5-4-6-19(23)26/h4-8,13-14H,3,9-12H2,1-2H3,(H,29,30,31). The molecule has 0 aliphatic carbocycles. The number of imidazole rings is 1. The van der Waals surface area contributed by atoms with E-state index in [1.807, 2.05) is 31.2 Å². The number of aromatic nitrogens is 6. The van der Waals surface area contributed by atoms with Crippen molar-refractivity contribution in [1.29, 1.82) is 0 Å². The number of nitrogens with zero attached hydrogens (tertiary/aromatic N) is 6. The minimum absolute atomic E-state index is 0.629. The van der Waals surface area contributed by atoms with Gasteiger partial charge >= 0.3 is 0 Å². The van der Waals surface area contributed by atoms with Gasteiger partial charge in [-0.25, -0.2) is 9.97 Å². The van der Waals surface area contributed by atoms with E-state index in [-0.39, 0.29) is 0 Å². The Morgan fingerprint density at radius 3 is 2.74 bits per heavy atom. The van der Waals surface area contributed by atoms with E-state index in [4.69, 9.17) is 26.3 Å². The third kappa shape index (κ3) is 3.41. The van der Waals surface area contributed by atoms with E-state index in [2.05, 4.69) is 43.7 Å². The van der Waals surface area contributed by atoms with Crippen LogP contribution in [0.4, 0.5) is 5.69 Å². The summed E-state index contributed by atoms with van der Waals surface area (Å²) in [5.41, 5.74) is 5.63. The first-order chi connectivity index (χ1) is 16.6. The first kappa shape index (κ1) is 21.1. The van der Waals surface area contributed by atoms with Crippen molar-refractivity contribution in [3.05, 3.63) is 59.3 Å². The van der Waals surface area contributed by atoms with Crippen LogP contribution < -0.4 is 4.90 Å². The zero-order chi connectivity index (χ0) is 23.2. The van der Waals surface area contributed by atoms with Crippen molar-refractivity contribution in [3.63, 3.8) is 0 Å². The number of aromatic amines is 1. The van der Waals surface area contributed by atoms with Gasteiger partial charge in [-0.3, -0.25) is 14.6 Å². The lowest BCUT2D eigenvalue weighted by Crippen LogP contribution is -2.36. The maximum Gasteiger partial charge on any atom is 0.183 e. The molecule has 0 amide bonds. The highest BCUT2D eigenvalue weighted by Crippen LogP contribution is 2.36. The van der Waals surface area contributed by atoms with E-state index in [0.29, 0.717) is 24.1 Å². The molecule has 0 bridgehead atoms. The fourth-order valence-corrected chi connectivity index (χ4v) is 4.87. The fourth-order valence-electron chi connectivity index (χ4n) is 4.65. The van der Waals surface area contributed by atoms with Gasteiger partial charge in [-0.05, 0) is 31.2 Å². The van der Waals surface area contributed by atoms with Crippen LogP contribution in [0.5, 0.6) is 0 Å². The Balaban J connectivity index is 1.64. The summed E-state index contributed by atoms with van der Waals surface area (Å²) >= 11 is 6.47. The zero-order valence-corrected chi connectivity index (χ0v) is 19.8. The van der Waals surface area contributed by atoms with Crippen molar-refractivity contribution < 1.29 is 4.74 Å². The predicted molar refractivity (Wildman–Crippen MR) is 134 cm³/mol. The number of aryl methyl sites for hydroxylation is 2. The lowest BCUT2D eigenvalue weighted by molar-refractivity contribution is 0.122. The molecule has 0 saturated carbocycles. The number of anilines is 1. The Labute approximate surface area is 201 Å². The Morgan fingerprint density at radius 2 is 1.94 bits per heavy atom. The maximum absolute atomic E-state index is 6.47. The smallest absolute Gasteiger partial charge is 0.183 e. The Kier molecular flexibility index (Phi) is 5.19. The third-order valence-electron chi connectivity index (χ3n) is 6.34. The molecular formula is C25H24ClN7O. The monoisotopic (exact) mass is 473 g/mol. The van der Waals surface area contributed by atoms with Crippen LogP contribution in [0, 0.1) is 6.92 Å². The molecule has 8 nitrogen and oxygen atoms in total.